The summed E-state index contributed by atoms with van der Waals surface area (Å²) in [7, 11) is -1.67. The predicted octanol–water partition coefficient (Wildman–Crippen LogP) is 0.697. The molecule has 0 bridgehead atoms. The number of sulfonamides is 1. The number of likely N-dealkylation sites (N-methyl/N-ethyl adjacent to an activating group) is 1. The van der Waals surface area contributed by atoms with Crippen molar-refractivity contribution in [3.8, 4) is 0 Å². The Hall–Kier alpha value is -1.44. The Balaban J connectivity index is 2.00. The standard InChI is InChI=1S/C15H23N3O3S/c1-16-12-15(19)17-11-13-5-7-14(8-6-13)22(20,21)18-9-3-2-4-10-18/h5-8,16H,2-4,9-12H2,1H3,(H,17,19). The molecule has 0 saturated carbocycles. The zero-order valence-corrected chi connectivity index (χ0v) is 13.7. The molecule has 2 N–H and O–H groups in total. The number of benzene rings is 1. The molecule has 22 heavy (non-hydrogen) atoms. The molecule has 0 aromatic heterocycles. The predicted molar refractivity (Wildman–Crippen MR) is 84.8 cm³/mol. The number of piperidine rings is 1. The van der Waals surface area contributed by atoms with E-state index in [1.54, 1.807) is 35.6 Å². The number of carbonyl (C=O) groups excluding carboxylic acids is 1. The van der Waals surface area contributed by atoms with Crippen LogP contribution < -0.4 is 10.6 Å². The summed E-state index contributed by atoms with van der Waals surface area (Å²) < 4.78 is 26.6. The largest absolute Gasteiger partial charge is 0.351 e. The van der Waals surface area contributed by atoms with Gasteiger partial charge in [-0.05, 0) is 37.6 Å². The van der Waals surface area contributed by atoms with Gasteiger partial charge < -0.3 is 10.6 Å². The Morgan fingerprint density at radius 1 is 1.14 bits per heavy atom. The molecule has 122 valence electrons. The van der Waals surface area contributed by atoms with Gasteiger partial charge >= 0.3 is 0 Å². The van der Waals surface area contributed by atoms with Gasteiger partial charge in [-0.15, -0.1) is 0 Å². The van der Waals surface area contributed by atoms with Gasteiger partial charge in [0, 0.05) is 19.6 Å². The van der Waals surface area contributed by atoms with E-state index in [-0.39, 0.29) is 12.5 Å². The van der Waals surface area contributed by atoms with Crippen LogP contribution >= 0.6 is 0 Å². The Bertz CT molecular complexity index is 593. The second kappa shape index (κ2) is 7.71. The molecule has 1 aromatic carbocycles. The molecule has 1 heterocycles. The molecule has 1 fully saturated rings. The SMILES string of the molecule is CNCC(=O)NCc1ccc(S(=O)(=O)N2CCCCC2)cc1. The summed E-state index contributed by atoms with van der Waals surface area (Å²) in [6.07, 6.45) is 2.95. The van der Waals surface area contributed by atoms with E-state index in [2.05, 4.69) is 10.6 Å². The fraction of sp³-hybridized carbons (Fsp3) is 0.533. The number of amides is 1. The normalized spacial score (nSPS) is 16.4. The average molecular weight is 325 g/mol. The molecule has 0 unspecified atom stereocenters. The molecule has 1 saturated heterocycles. The summed E-state index contributed by atoms with van der Waals surface area (Å²) in [6, 6.07) is 6.72. The van der Waals surface area contributed by atoms with E-state index in [1.165, 1.54) is 0 Å². The van der Waals surface area contributed by atoms with Crippen LogP contribution in [0.25, 0.3) is 0 Å². The van der Waals surface area contributed by atoms with E-state index in [0.717, 1.165) is 24.8 Å². The van der Waals surface area contributed by atoms with E-state index in [4.69, 9.17) is 0 Å². The topological polar surface area (TPSA) is 78.5 Å². The van der Waals surface area contributed by atoms with Crippen LogP contribution in [0.5, 0.6) is 0 Å². The van der Waals surface area contributed by atoms with Gasteiger partial charge in [-0.25, -0.2) is 8.42 Å². The number of hydrogen-bond donors (Lipinski definition) is 2. The first kappa shape index (κ1) is 16.9. The first-order chi connectivity index (χ1) is 10.5. The highest BCUT2D eigenvalue weighted by molar-refractivity contribution is 7.89. The maximum Gasteiger partial charge on any atom is 0.243 e. The number of nitrogens with zero attached hydrogens (tertiary/aromatic N) is 1. The van der Waals surface area contributed by atoms with Gasteiger partial charge in [0.25, 0.3) is 0 Å². The first-order valence-corrected chi connectivity index (χ1v) is 8.98. The average Bonchev–Trinajstić information content (AvgIpc) is 2.54. The minimum absolute atomic E-state index is 0.0903. The van der Waals surface area contributed by atoms with Crippen LogP contribution in [0.3, 0.4) is 0 Å². The molecule has 1 aliphatic heterocycles. The fourth-order valence-corrected chi connectivity index (χ4v) is 3.97. The van der Waals surface area contributed by atoms with Crippen molar-refractivity contribution < 1.29 is 13.2 Å². The lowest BCUT2D eigenvalue weighted by Gasteiger charge is -2.25. The molecule has 0 radical (unpaired) electrons. The van der Waals surface area contributed by atoms with Gasteiger partial charge in [-0.1, -0.05) is 18.6 Å². The monoisotopic (exact) mass is 325 g/mol. The van der Waals surface area contributed by atoms with Gasteiger partial charge in [0.1, 0.15) is 0 Å². The quantitative estimate of drug-likeness (QED) is 0.807. The number of rotatable bonds is 6. The zero-order chi connectivity index (χ0) is 16.0. The summed E-state index contributed by atoms with van der Waals surface area (Å²) in [4.78, 5) is 11.7. The molecule has 2 rings (SSSR count). The van der Waals surface area contributed by atoms with Crippen LogP contribution in [-0.4, -0.2) is 45.3 Å². The van der Waals surface area contributed by atoms with Crippen molar-refractivity contribution in [2.45, 2.75) is 30.7 Å². The molecule has 7 heteroatoms. The van der Waals surface area contributed by atoms with Crippen molar-refractivity contribution in [2.75, 3.05) is 26.7 Å². The molecule has 1 amide bonds. The van der Waals surface area contributed by atoms with Crippen molar-refractivity contribution >= 4 is 15.9 Å². The zero-order valence-electron chi connectivity index (χ0n) is 12.8. The summed E-state index contributed by atoms with van der Waals surface area (Å²) in [5.74, 6) is -0.0903. The van der Waals surface area contributed by atoms with Crippen molar-refractivity contribution in [3.63, 3.8) is 0 Å². The van der Waals surface area contributed by atoms with Gasteiger partial charge in [-0.2, -0.15) is 4.31 Å². The highest BCUT2D eigenvalue weighted by Gasteiger charge is 2.25. The smallest absolute Gasteiger partial charge is 0.243 e. The van der Waals surface area contributed by atoms with Crippen molar-refractivity contribution in [3.05, 3.63) is 29.8 Å². The molecular formula is C15H23N3O3S. The second-order valence-electron chi connectivity index (χ2n) is 5.42. The molecule has 0 spiro atoms. The van der Waals surface area contributed by atoms with E-state index in [1.807, 2.05) is 0 Å². The first-order valence-electron chi connectivity index (χ1n) is 7.54. The third kappa shape index (κ3) is 4.28. The van der Waals surface area contributed by atoms with Crippen molar-refractivity contribution in [1.82, 2.24) is 14.9 Å². The molecule has 1 aliphatic rings. The van der Waals surface area contributed by atoms with E-state index in [9.17, 15) is 13.2 Å². The molecule has 1 aromatic rings. The van der Waals surface area contributed by atoms with E-state index in [0.29, 0.717) is 24.5 Å². The third-order valence-electron chi connectivity index (χ3n) is 3.70. The van der Waals surface area contributed by atoms with Crippen LogP contribution in [-0.2, 0) is 21.4 Å². The van der Waals surface area contributed by atoms with Crippen LogP contribution in [0.1, 0.15) is 24.8 Å². The molecule has 6 nitrogen and oxygen atoms in total. The minimum Gasteiger partial charge on any atom is -0.351 e. The summed E-state index contributed by atoms with van der Waals surface area (Å²) in [5, 5.41) is 5.53. The molecule has 0 aliphatic carbocycles. The summed E-state index contributed by atoms with van der Waals surface area (Å²) in [6.45, 7) is 1.86. The van der Waals surface area contributed by atoms with Gasteiger partial charge in [0.05, 0.1) is 11.4 Å². The van der Waals surface area contributed by atoms with Crippen LogP contribution in [0, 0.1) is 0 Å². The van der Waals surface area contributed by atoms with Crippen molar-refractivity contribution in [2.24, 2.45) is 0 Å². The van der Waals surface area contributed by atoms with Crippen LogP contribution in [0.2, 0.25) is 0 Å². The Morgan fingerprint density at radius 2 is 1.77 bits per heavy atom. The van der Waals surface area contributed by atoms with Crippen molar-refractivity contribution in [1.29, 1.82) is 0 Å². The lowest BCUT2D eigenvalue weighted by atomic mass is 10.2. The van der Waals surface area contributed by atoms with Crippen LogP contribution in [0.4, 0.5) is 0 Å². The summed E-state index contributed by atoms with van der Waals surface area (Å²) in [5.41, 5.74) is 0.877. The maximum absolute atomic E-state index is 12.5. The van der Waals surface area contributed by atoms with Gasteiger partial charge in [-0.3, -0.25) is 4.79 Å². The van der Waals surface area contributed by atoms with Gasteiger partial charge in [0.15, 0.2) is 0 Å². The van der Waals surface area contributed by atoms with E-state index >= 15 is 0 Å². The summed E-state index contributed by atoms with van der Waals surface area (Å²) >= 11 is 0. The lowest BCUT2D eigenvalue weighted by molar-refractivity contribution is -0.120. The number of carbonyl (C=O) groups is 1. The Labute approximate surface area is 131 Å². The van der Waals surface area contributed by atoms with Gasteiger partial charge in [0.2, 0.25) is 15.9 Å². The highest BCUT2D eigenvalue weighted by Crippen LogP contribution is 2.20. The van der Waals surface area contributed by atoms with E-state index < -0.39 is 10.0 Å². The molecular weight excluding hydrogens is 302 g/mol. The van der Waals surface area contributed by atoms with Crippen LogP contribution in [0.15, 0.2) is 29.2 Å². The lowest BCUT2D eigenvalue weighted by Crippen LogP contribution is -2.35. The second-order valence-corrected chi connectivity index (χ2v) is 7.35. The number of hydrogen-bond acceptors (Lipinski definition) is 4. The molecule has 0 atom stereocenters. The Morgan fingerprint density at radius 3 is 2.36 bits per heavy atom. The fourth-order valence-electron chi connectivity index (χ4n) is 2.46. The maximum atomic E-state index is 12.5. The minimum atomic E-state index is -3.38. The number of nitrogens with one attached hydrogen (secondary N) is 2. The Kier molecular flexibility index (Phi) is 5.93. The highest BCUT2D eigenvalue weighted by atomic mass is 32.2. The third-order valence-corrected chi connectivity index (χ3v) is 5.62.